The Bertz CT molecular complexity index is 2630. The molecule has 0 radical (unpaired) electrons. The first-order valence-electron chi connectivity index (χ1n) is 15.8. The summed E-state index contributed by atoms with van der Waals surface area (Å²) in [7, 11) is 0. The molecule has 0 N–H and O–H groups in total. The summed E-state index contributed by atoms with van der Waals surface area (Å²) in [4.78, 5) is 7.39. The van der Waals surface area contributed by atoms with E-state index < -0.39 is 0 Å². The average molecular weight is 603 g/mol. The second-order valence-electron chi connectivity index (χ2n) is 11.9. The van der Waals surface area contributed by atoms with Crippen molar-refractivity contribution in [2.45, 2.75) is 0 Å². The van der Waals surface area contributed by atoms with Crippen LogP contribution >= 0.6 is 0 Å². The monoisotopic (exact) mass is 602 g/mol. The van der Waals surface area contributed by atoms with Gasteiger partial charge in [-0.05, 0) is 71.8 Å². The van der Waals surface area contributed by atoms with E-state index in [1.54, 1.807) is 0 Å². The molecule has 1 aliphatic heterocycles. The SMILES string of the molecule is c1ccc(-c2nc3ccccc3c3c2ccc2c4cc(-c5cccc(N6c7ccccc7Oc7ccccc76)c5)ccc4oc23)cc1. The lowest BCUT2D eigenvalue weighted by molar-refractivity contribution is 0.477. The molecule has 0 fully saturated rings. The van der Waals surface area contributed by atoms with Crippen LogP contribution in [0.2, 0.25) is 0 Å². The quantitative estimate of drug-likeness (QED) is 0.189. The van der Waals surface area contributed by atoms with Gasteiger partial charge in [0, 0.05) is 38.2 Å². The molecule has 0 bridgehead atoms. The summed E-state index contributed by atoms with van der Waals surface area (Å²) in [6.07, 6.45) is 0. The number of rotatable bonds is 3. The third kappa shape index (κ3) is 3.98. The van der Waals surface area contributed by atoms with Crippen LogP contribution in [0.1, 0.15) is 0 Å². The van der Waals surface area contributed by atoms with Crippen LogP contribution < -0.4 is 9.64 Å². The Morgan fingerprint density at radius 1 is 0.468 bits per heavy atom. The summed E-state index contributed by atoms with van der Waals surface area (Å²) >= 11 is 0. The fourth-order valence-electron chi connectivity index (χ4n) is 7.07. The summed E-state index contributed by atoms with van der Waals surface area (Å²) in [6, 6.07) is 54.7. The van der Waals surface area contributed by atoms with Gasteiger partial charge in [-0.15, -0.1) is 0 Å². The topological polar surface area (TPSA) is 38.5 Å². The molecule has 9 aromatic rings. The van der Waals surface area contributed by atoms with Crippen molar-refractivity contribution in [1.29, 1.82) is 0 Å². The summed E-state index contributed by atoms with van der Waals surface area (Å²) in [6.45, 7) is 0. The number of ether oxygens (including phenoxy) is 1. The Kier molecular flexibility index (Phi) is 5.54. The predicted molar refractivity (Wildman–Crippen MR) is 192 cm³/mol. The van der Waals surface area contributed by atoms with Crippen LogP contribution in [0.5, 0.6) is 11.5 Å². The first-order valence-corrected chi connectivity index (χ1v) is 15.8. The predicted octanol–water partition coefficient (Wildman–Crippen LogP) is 12.2. The number of aromatic nitrogens is 1. The molecule has 0 saturated carbocycles. The molecule has 0 saturated heterocycles. The summed E-state index contributed by atoms with van der Waals surface area (Å²) in [5.41, 5.74) is 10.1. The van der Waals surface area contributed by atoms with Gasteiger partial charge in [-0.25, -0.2) is 4.98 Å². The number of fused-ring (bicyclic) bond motifs is 9. The van der Waals surface area contributed by atoms with Gasteiger partial charge in [-0.1, -0.05) is 97.1 Å². The normalized spacial score (nSPS) is 12.4. The third-order valence-corrected chi connectivity index (χ3v) is 9.22. The van der Waals surface area contributed by atoms with Crippen molar-refractivity contribution in [2.75, 3.05) is 4.90 Å². The molecule has 0 aliphatic carbocycles. The summed E-state index contributed by atoms with van der Waals surface area (Å²) in [5, 5.41) is 5.45. The first kappa shape index (κ1) is 25.9. The molecule has 4 heteroatoms. The number of pyridine rings is 1. The lowest BCUT2D eigenvalue weighted by Gasteiger charge is -2.33. The summed E-state index contributed by atoms with van der Waals surface area (Å²) in [5.74, 6) is 1.68. The maximum atomic E-state index is 6.70. The van der Waals surface area contributed by atoms with E-state index in [2.05, 4.69) is 126 Å². The molecular formula is C43H26N2O2. The molecule has 7 aromatic carbocycles. The molecular weight excluding hydrogens is 576 g/mol. The minimum Gasteiger partial charge on any atom is -0.455 e. The third-order valence-electron chi connectivity index (χ3n) is 9.22. The van der Waals surface area contributed by atoms with Crippen LogP contribution in [0.25, 0.3) is 66.0 Å². The number of furan rings is 1. The fourth-order valence-corrected chi connectivity index (χ4v) is 7.07. The maximum absolute atomic E-state index is 6.70. The summed E-state index contributed by atoms with van der Waals surface area (Å²) < 4.78 is 13.0. The van der Waals surface area contributed by atoms with Crippen molar-refractivity contribution >= 4 is 60.7 Å². The second-order valence-corrected chi connectivity index (χ2v) is 11.9. The molecule has 10 rings (SSSR count). The number of anilines is 3. The highest BCUT2D eigenvalue weighted by Gasteiger charge is 2.25. The molecule has 0 amide bonds. The van der Waals surface area contributed by atoms with E-state index in [9.17, 15) is 0 Å². The molecule has 0 atom stereocenters. The van der Waals surface area contributed by atoms with Gasteiger partial charge in [0.2, 0.25) is 0 Å². The highest BCUT2D eigenvalue weighted by atomic mass is 16.5. The van der Waals surface area contributed by atoms with E-state index in [4.69, 9.17) is 14.1 Å². The molecule has 0 spiro atoms. The Morgan fingerprint density at radius 3 is 1.98 bits per heavy atom. The van der Waals surface area contributed by atoms with Crippen LogP contribution in [0, 0.1) is 0 Å². The van der Waals surface area contributed by atoms with Crippen LogP contribution in [-0.4, -0.2) is 4.98 Å². The van der Waals surface area contributed by atoms with Crippen LogP contribution in [0.4, 0.5) is 17.1 Å². The zero-order chi connectivity index (χ0) is 30.9. The van der Waals surface area contributed by atoms with Crippen molar-refractivity contribution in [3.63, 3.8) is 0 Å². The Balaban J connectivity index is 1.15. The van der Waals surface area contributed by atoms with Gasteiger partial charge in [-0.2, -0.15) is 0 Å². The van der Waals surface area contributed by atoms with Crippen molar-refractivity contribution in [1.82, 2.24) is 4.98 Å². The molecule has 4 nitrogen and oxygen atoms in total. The minimum absolute atomic E-state index is 0.841. The second kappa shape index (κ2) is 10.1. The van der Waals surface area contributed by atoms with Crippen molar-refractivity contribution in [2.24, 2.45) is 0 Å². The van der Waals surface area contributed by atoms with Gasteiger partial charge >= 0.3 is 0 Å². The van der Waals surface area contributed by atoms with Gasteiger partial charge < -0.3 is 14.1 Å². The van der Waals surface area contributed by atoms with Gasteiger partial charge in [0.1, 0.15) is 11.2 Å². The molecule has 47 heavy (non-hydrogen) atoms. The smallest absolute Gasteiger partial charge is 0.151 e. The number of hydrogen-bond acceptors (Lipinski definition) is 4. The number of nitrogens with zero attached hydrogens (tertiary/aromatic N) is 2. The largest absolute Gasteiger partial charge is 0.455 e. The first-order chi connectivity index (χ1) is 23.3. The molecule has 3 heterocycles. The van der Waals surface area contributed by atoms with E-state index >= 15 is 0 Å². The van der Waals surface area contributed by atoms with E-state index in [0.717, 1.165) is 94.6 Å². The maximum Gasteiger partial charge on any atom is 0.151 e. The molecule has 0 unspecified atom stereocenters. The number of benzene rings is 7. The van der Waals surface area contributed by atoms with Gasteiger partial charge in [0.25, 0.3) is 0 Å². The van der Waals surface area contributed by atoms with Gasteiger partial charge in [-0.3, -0.25) is 0 Å². The average Bonchev–Trinajstić information content (AvgIpc) is 3.52. The van der Waals surface area contributed by atoms with Crippen LogP contribution in [0.15, 0.2) is 162 Å². The molecule has 2 aromatic heterocycles. The molecule has 1 aliphatic rings. The standard InChI is InChI=1S/C43H26N2O2/c1-2-11-27(12-3-1)42-33-23-22-31-34-26-29(21-24-38(34)47-43(31)41(33)32-15-4-5-16-35(32)44-42)28-13-10-14-30(25-28)45-36-17-6-8-19-39(36)46-40-20-9-7-18-37(40)45/h1-26H. The fraction of sp³-hybridized carbons (Fsp3) is 0. The zero-order valence-corrected chi connectivity index (χ0v) is 25.2. The van der Waals surface area contributed by atoms with Crippen LogP contribution in [0.3, 0.4) is 0 Å². The Hall–Kier alpha value is -6.39. The lowest BCUT2D eigenvalue weighted by Crippen LogP contribution is -2.15. The Labute approximate surface area is 270 Å². The van der Waals surface area contributed by atoms with E-state index in [1.807, 2.05) is 36.4 Å². The minimum atomic E-state index is 0.841. The van der Waals surface area contributed by atoms with Gasteiger partial charge in [0.15, 0.2) is 11.5 Å². The molecule has 220 valence electrons. The van der Waals surface area contributed by atoms with E-state index in [0.29, 0.717) is 0 Å². The zero-order valence-electron chi connectivity index (χ0n) is 25.2. The highest BCUT2D eigenvalue weighted by Crippen LogP contribution is 2.50. The Morgan fingerprint density at radius 2 is 1.15 bits per heavy atom. The van der Waals surface area contributed by atoms with Crippen molar-refractivity contribution in [3.8, 4) is 33.9 Å². The van der Waals surface area contributed by atoms with Crippen molar-refractivity contribution < 1.29 is 9.15 Å². The highest BCUT2D eigenvalue weighted by molar-refractivity contribution is 6.24. The lowest BCUT2D eigenvalue weighted by atomic mass is 9.97. The number of hydrogen-bond donors (Lipinski definition) is 0. The van der Waals surface area contributed by atoms with Gasteiger partial charge in [0.05, 0.1) is 22.6 Å². The van der Waals surface area contributed by atoms with Crippen LogP contribution in [-0.2, 0) is 0 Å². The number of para-hydroxylation sites is 5. The van der Waals surface area contributed by atoms with E-state index in [1.165, 1.54) is 0 Å². The van der Waals surface area contributed by atoms with E-state index in [-0.39, 0.29) is 0 Å². The van der Waals surface area contributed by atoms with Crippen molar-refractivity contribution in [3.05, 3.63) is 158 Å².